The highest BCUT2D eigenvalue weighted by Gasteiger charge is 2.22. The van der Waals surface area contributed by atoms with Crippen LogP contribution in [0.5, 0.6) is 0 Å². The molecule has 118 valence electrons. The molecule has 2 heterocycles. The molecule has 0 bridgehead atoms. The van der Waals surface area contributed by atoms with Gasteiger partial charge in [-0.1, -0.05) is 6.92 Å². The molecule has 0 saturated carbocycles. The lowest BCUT2D eigenvalue weighted by Gasteiger charge is -2.18. The number of carbonyl (C=O) groups excluding carboxylic acids is 1. The van der Waals surface area contributed by atoms with Crippen molar-refractivity contribution in [2.45, 2.75) is 46.3 Å². The highest BCUT2D eigenvalue weighted by molar-refractivity contribution is 5.87. The third-order valence-electron chi connectivity index (χ3n) is 2.74. The summed E-state index contributed by atoms with van der Waals surface area (Å²) < 4.78 is 8.43. The minimum absolute atomic E-state index is 0.235. The molecule has 7 nitrogen and oxygen atoms in total. The number of esters is 1. The molecule has 0 radical (unpaired) electrons. The van der Waals surface area contributed by atoms with Crippen molar-refractivity contribution in [1.82, 2.24) is 19.6 Å². The van der Waals surface area contributed by atoms with Crippen LogP contribution in [-0.4, -0.2) is 31.1 Å². The molecule has 2 rings (SSSR count). The standard InChI is InChI=1S/C15H20N4O3/c1-5-7-18-10-11(9-16-18)19-8-6-12(20)13(17-19)14(21)22-15(2,3)4/h6,8-10H,5,7H2,1-4H3. The van der Waals surface area contributed by atoms with Gasteiger partial charge in [0, 0.05) is 18.8 Å². The van der Waals surface area contributed by atoms with E-state index in [1.54, 1.807) is 37.8 Å². The van der Waals surface area contributed by atoms with Crippen molar-refractivity contribution in [2.24, 2.45) is 0 Å². The lowest BCUT2D eigenvalue weighted by molar-refractivity contribution is 0.00592. The summed E-state index contributed by atoms with van der Waals surface area (Å²) in [6, 6.07) is 1.30. The Balaban J connectivity index is 2.33. The van der Waals surface area contributed by atoms with Crippen molar-refractivity contribution < 1.29 is 9.53 Å². The summed E-state index contributed by atoms with van der Waals surface area (Å²) in [7, 11) is 0. The van der Waals surface area contributed by atoms with E-state index in [9.17, 15) is 9.59 Å². The average molecular weight is 304 g/mol. The predicted molar refractivity (Wildman–Crippen MR) is 81.1 cm³/mol. The fourth-order valence-corrected chi connectivity index (χ4v) is 1.84. The Morgan fingerprint density at radius 3 is 2.73 bits per heavy atom. The van der Waals surface area contributed by atoms with E-state index in [4.69, 9.17) is 4.74 Å². The Morgan fingerprint density at radius 1 is 1.36 bits per heavy atom. The van der Waals surface area contributed by atoms with Gasteiger partial charge in [0.25, 0.3) is 0 Å². The molecule has 0 unspecified atom stereocenters. The topological polar surface area (TPSA) is 79.0 Å². The Morgan fingerprint density at radius 2 is 2.09 bits per heavy atom. The molecule has 0 N–H and O–H groups in total. The highest BCUT2D eigenvalue weighted by Crippen LogP contribution is 2.10. The Bertz CT molecular complexity index is 725. The van der Waals surface area contributed by atoms with Crippen LogP contribution < -0.4 is 5.43 Å². The van der Waals surface area contributed by atoms with Crippen LogP contribution in [0, 0.1) is 0 Å². The molecule has 0 aliphatic heterocycles. The quantitative estimate of drug-likeness (QED) is 0.805. The highest BCUT2D eigenvalue weighted by atomic mass is 16.6. The normalized spacial score (nSPS) is 11.5. The van der Waals surface area contributed by atoms with E-state index in [0.29, 0.717) is 5.69 Å². The van der Waals surface area contributed by atoms with Crippen molar-refractivity contribution >= 4 is 5.97 Å². The molecule has 0 aromatic carbocycles. The smallest absolute Gasteiger partial charge is 0.363 e. The van der Waals surface area contributed by atoms with Gasteiger partial charge in [-0.05, 0) is 27.2 Å². The van der Waals surface area contributed by atoms with Crippen LogP contribution in [0.2, 0.25) is 0 Å². The predicted octanol–water partition coefficient (Wildman–Crippen LogP) is 1.79. The van der Waals surface area contributed by atoms with Crippen molar-refractivity contribution in [3.05, 3.63) is 40.6 Å². The molecule has 0 amide bonds. The third-order valence-corrected chi connectivity index (χ3v) is 2.74. The van der Waals surface area contributed by atoms with Gasteiger partial charge in [0.2, 0.25) is 11.1 Å². The van der Waals surface area contributed by atoms with Crippen LogP contribution in [0.3, 0.4) is 0 Å². The van der Waals surface area contributed by atoms with Crippen LogP contribution in [0.4, 0.5) is 0 Å². The van der Waals surface area contributed by atoms with Gasteiger partial charge in [0.05, 0.1) is 12.4 Å². The first-order valence-corrected chi connectivity index (χ1v) is 7.16. The fourth-order valence-electron chi connectivity index (χ4n) is 1.84. The number of hydrogen-bond donors (Lipinski definition) is 0. The van der Waals surface area contributed by atoms with Gasteiger partial charge in [-0.15, -0.1) is 0 Å². The molecule has 0 aliphatic carbocycles. The molecule has 2 aromatic heterocycles. The van der Waals surface area contributed by atoms with Crippen LogP contribution in [0.15, 0.2) is 29.5 Å². The van der Waals surface area contributed by atoms with Crippen molar-refractivity contribution in [3.8, 4) is 5.69 Å². The number of aromatic nitrogens is 4. The Hall–Kier alpha value is -2.44. The van der Waals surface area contributed by atoms with Gasteiger partial charge >= 0.3 is 5.97 Å². The van der Waals surface area contributed by atoms with Gasteiger partial charge in [0.1, 0.15) is 11.3 Å². The van der Waals surface area contributed by atoms with E-state index < -0.39 is 17.0 Å². The van der Waals surface area contributed by atoms with E-state index in [1.165, 1.54) is 16.9 Å². The summed E-state index contributed by atoms with van der Waals surface area (Å²) in [5, 5.41) is 8.28. The molecule has 0 saturated heterocycles. The molecular weight excluding hydrogens is 284 g/mol. The number of hydrogen-bond acceptors (Lipinski definition) is 5. The van der Waals surface area contributed by atoms with Crippen LogP contribution in [-0.2, 0) is 11.3 Å². The molecule has 0 aliphatic rings. The average Bonchev–Trinajstić information content (AvgIpc) is 2.86. The summed E-state index contributed by atoms with van der Waals surface area (Å²) in [6.45, 7) is 8.06. The summed E-state index contributed by atoms with van der Waals surface area (Å²) >= 11 is 0. The maximum Gasteiger partial charge on any atom is 0.363 e. The summed E-state index contributed by atoms with van der Waals surface area (Å²) in [5.74, 6) is -0.729. The minimum Gasteiger partial charge on any atom is -0.455 e. The van der Waals surface area contributed by atoms with Crippen LogP contribution in [0.25, 0.3) is 5.69 Å². The first-order chi connectivity index (χ1) is 10.3. The van der Waals surface area contributed by atoms with Crippen molar-refractivity contribution in [1.29, 1.82) is 0 Å². The molecule has 0 atom stereocenters. The SMILES string of the molecule is CCCn1cc(-n2ccc(=O)c(C(=O)OC(C)(C)C)n2)cn1. The van der Waals surface area contributed by atoms with Gasteiger partial charge in [-0.2, -0.15) is 10.2 Å². The monoisotopic (exact) mass is 304 g/mol. The Kier molecular flexibility index (Phi) is 4.44. The maximum absolute atomic E-state index is 12.1. The second-order valence-electron chi connectivity index (χ2n) is 5.94. The van der Waals surface area contributed by atoms with Gasteiger partial charge in [-0.25, -0.2) is 9.48 Å². The largest absolute Gasteiger partial charge is 0.455 e. The van der Waals surface area contributed by atoms with Gasteiger partial charge in [-0.3, -0.25) is 9.48 Å². The van der Waals surface area contributed by atoms with E-state index in [-0.39, 0.29) is 5.69 Å². The zero-order valence-corrected chi connectivity index (χ0v) is 13.2. The van der Waals surface area contributed by atoms with Crippen LogP contribution in [0.1, 0.15) is 44.6 Å². The van der Waals surface area contributed by atoms with Gasteiger partial charge in [0.15, 0.2) is 0 Å². The first kappa shape index (κ1) is 15.9. The maximum atomic E-state index is 12.1. The van der Waals surface area contributed by atoms with E-state index >= 15 is 0 Å². The number of ether oxygens (including phenoxy) is 1. The number of rotatable bonds is 4. The summed E-state index contributed by atoms with van der Waals surface area (Å²) in [5.41, 5.74) is -0.705. The molecule has 0 spiro atoms. The zero-order chi connectivity index (χ0) is 16.3. The second-order valence-corrected chi connectivity index (χ2v) is 5.94. The number of nitrogens with zero attached hydrogens (tertiary/aromatic N) is 4. The minimum atomic E-state index is -0.729. The third kappa shape index (κ3) is 3.81. The molecule has 2 aromatic rings. The molecule has 7 heteroatoms. The zero-order valence-electron chi connectivity index (χ0n) is 13.2. The number of carbonyl (C=O) groups is 1. The Labute approximate surface area is 128 Å². The van der Waals surface area contributed by atoms with Crippen molar-refractivity contribution in [2.75, 3.05) is 0 Å². The molecule has 0 fully saturated rings. The second kappa shape index (κ2) is 6.13. The van der Waals surface area contributed by atoms with E-state index in [2.05, 4.69) is 17.1 Å². The lowest BCUT2D eigenvalue weighted by Crippen LogP contribution is -2.29. The fraction of sp³-hybridized carbons (Fsp3) is 0.467. The summed E-state index contributed by atoms with van der Waals surface area (Å²) in [4.78, 5) is 23.9. The molecular formula is C15H20N4O3. The molecule has 22 heavy (non-hydrogen) atoms. The van der Waals surface area contributed by atoms with E-state index in [1.807, 2.05) is 0 Å². The number of aryl methyl sites for hydroxylation is 1. The first-order valence-electron chi connectivity index (χ1n) is 7.16. The van der Waals surface area contributed by atoms with Gasteiger partial charge < -0.3 is 4.74 Å². The van der Waals surface area contributed by atoms with Crippen LogP contribution >= 0.6 is 0 Å². The summed E-state index contributed by atoms with van der Waals surface area (Å²) in [6.07, 6.45) is 5.90. The lowest BCUT2D eigenvalue weighted by atomic mass is 10.2. The van der Waals surface area contributed by atoms with E-state index in [0.717, 1.165) is 13.0 Å². The van der Waals surface area contributed by atoms with Crippen molar-refractivity contribution in [3.63, 3.8) is 0 Å².